The van der Waals surface area contributed by atoms with E-state index in [4.69, 9.17) is 0 Å². The molecule has 0 N–H and O–H groups in total. The summed E-state index contributed by atoms with van der Waals surface area (Å²) in [6, 6.07) is 59.5. The highest BCUT2D eigenvalue weighted by Crippen LogP contribution is 2.55. The van der Waals surface area contributed by atoms with E-state index in [9.17, 15) is 0 Å². The lowest BCUT2D eigenvalue weighted by molar-refractivity contribution is 0.632. The molecular weight excluding hydrogens is 663 g/mol. The van der Waals surface area contributed by atoms with E-state index in [0.29, 0.717) is 0 Å². The molecule has 55 heavy (non-hydrogen) atoms. The Morgan fingerprint density at radius 1 is 0.491 bits per heavy atom. The summed E-state index contributed by atoms with van der Waals surface area (Å²) in [7, 11) is 0. The fraction of sp³-hybridized carbons (Fsp3) is 0.115. The number of rotatable bonds is 3. The zero-order chi connectivity index (χ0) is 37.2. The second-order valence-electron chi connectivity index (χ2n) is 16.4. The number of nitrogens with zero attached hydrogens (tertiary/aromatic N) is 2. The van der Waals surface area contributed by atoms with Crippen LogP contribution in [-0.4, -0.2) is 6.85 Å². The van der Waals surface area contributed by atoms with Crippen LogP contribution < -0.4 is 20.6 Å². The van der Waals surface area contributed by atoms with Crippen molar-refractivity contribution in [2.24, 2.45) is 0 Å². The lowest BCUT2D eigenvalue weighted by Gasteiger charge is -2.50. The summed E-state index contributed by atoms with van der Waals surface area (Å²) >= 11 is 0. The number of anilines is 5. The van der Waals surface area contributed by atoms with Gasteiger partial charge in [-0.25, -0.2) is 0 Å². The van der Waals surface area contributed by atoms with Gasteiger partial charge in [-0.05, 0) is 135 Å². The van der Waals surface area contributed by atoms with Gasteiger partial charge in [0, 0.05) is 33.7 Å². The first kappa shape index (κ1) is 32.1. The zero-order valence-electron chi connectivity index (χ0n) is 32.0. The van der Waals surface area contributed by atoms with Crippen LogP contribution in [0.4, 0.5) is 28.4 Å². The molecule has 0 unspecified atom stereocenters. The van der Waals surface area contributed by atoms with Gasteiger partial charge in [0.25, 0.3) is 0 Å². The van der Waals surface area contributed by atoms with Gasteiger partial charge >= 0.3 is 6.85 Å². The van der Waals surface area contributed by atoms with E-state index < -0.39 is 0 Å². The van der Waals surface area contributed by atoms with Crippen LogP contribution in [0.1, 0.15) is 41.7 Å². The molecule has 8 aromatic rings. The summed E-state index contributed by atoms with van der Waals surface area (Å²) in [6.45, 7) is 11.5. The fourth-order valence-corrected chi connectivity index (χ4v) is 10.3. The zero-order valence-corrected chi connectivity index (χ0v) is 32.0. The predicted octanol–water partition coefficient (Wildman–Crippen LogP) is 12.4. The maximum absolute atomic E-state index is 2.64. The molecule has 0 aromatic heterocycles. The minimum atomic E-state index is -0.175. The SMILES string of the molecule is Cc1cc(C)c(-c2cc3c4c(c2)N2c5ccccc5C(C)(C)c5cccc(c52)B4N(c2ccc(-c4ccccc4)cc2)c2cc4ccccc4cc2-3)c(C)c1. The van der Waals surface area contributed by atoms with Crippen molar-refractivity contribution in [1.82, 2.24) is 0 Å². The maximum Gasteiger partial charge on any atom is 0.333 e. The molecule has 8 aromatic carbocycles. The molecule has 262 valence electrons. The number of hydrogen-bond donors (Lipinski definition) is 0. The average molecular weight is 705 g/mol. The van der Waals surface area contributed by atoms with Crippen LogP contribution in [0.5, 0.6) is 0 Å². The summed E-state index contributed by atoms with van der Waals surface area (Å²) in [4.78, 5) is 5.26. The molecule has 0 fully saturated rings. The van der Waals surface area contributed by atoms with E-state index in [-0.39, 0.29) is 12.3 Å². The molecule has 0 spiro atoms. The summed E-state index contributed by atoms with van der Waals surface area (Å²) in [6.07, 6.45) is 0. The van der Waals surface area contributed by atoms with Gasteiger partial charge in [-0.1, -0.05) is 135 Å². The quantitative estimate of drug-likeness (QED) is 0.169. The van der Waals surface area contributed by atoms with Crippen molar-refractivity contribution in [3.8, 4) is 33.4 Å². The number of aryl methyl sites for hydroxylation is 3. The van der Waals surface area contributed by atoms with Crippen LogP contribution in [-0.2, 0) is 5.41 Å². The van der Waals surface area contributed by atoms with Gasteiger partial charge < -0.3 is 9.71 Å². The monoisotopic (exact) mass is 704 g/mol. The van der Waals surface area contributed by atoms with E-state index in [0.717, 1.165) is 0 Å². The Balaban J connectivity index is 1.27. The van der Waals surface area contributed by atoms with Crippen molar-refractivity contribution >= 4 is 57.0 Å². The normalized spacial score (nSPS) is 14.3. The third-order valence-electron chi connectivity index (χ3n) is 12.6. The molecule has 0 radical (unpaired) electrons. The first-order valence-corrected chi connectivity index (χ1v) is 19.5. The van der Waals surface area contributed by atoms with E-state index >= 15 is 0 Å². The molecule has 0 saturated carbocycles. The van der Waals surface area contributed by atoms with E-state index in [1.54, 1.807) is 0 Å². The molecule has 0 bridgehead atoms. The standard InChI is InChI=1S/C52H41BN2/c1-32-26-33(2)49(34(3)27-32)39-29-42-41-28-37-16-9-10-17-38(37)30-47(41)55(40-24-22-36(23-25-40)35-14-7-6-8-15-35)53-45-20-13-19-44-51(45)54(48(31-39)50(42)53)46-21-12-11-18-43(46)52(44,4)5/h6-31H,1-5H3. The van der Waals surface area contributed by atoms with Crippen LogP contribution in [0.15, 0.2) is 158 Å². The van der Waals surface area contributed by atoms with Gasteiger partial charge in [0.2, 0.25) is 0 Å². The Morgan fingerprint density at radius 2 is 1.15 bits per heavy atom. The Labute approximate surface area is 324 Å². The Bertz CT molecular complexity index is 2860. The van der Waals surface area contributed by atoms with E-state index in [1.165, 1.54) is 111 Å². The minimum Gasteiger partial charge on any atom is -0.376 e. The predicted molar refractivity (Wildman–Crippen MR) is 235 cm³/mol. The highest BCUT2D eigenvalue weighted by Gasteiger charge is 2.49. The number of para-hydroxylation sites is 2. The molecule has 0 aliphatic carbocycles. The van der Waals surface area contributed by atoms with E-state index in [1.807, 2.05) is 0 Å². The topological polar surface area (TPSA) is 6.48 Å². The second-order valence-corrected chi connectivity index (χ2v) is 16.4. The fourth-order valence-electron chi connectivity index (χ4n) is 10.3. The largest absolute Gasteiger partial charge is 0.376 e. The van der Waals surface area contributed by atoms with Crippen molar-refractivity contribution in [3.05, 3.63) is 186 Å². The minimum absolute atomic E-state index is 0.0391. The molecule has 11 rings (SSSR count). The van der Waals surface area contributed by atoms with Gasteiger partial charge in [-0.2, -0.15) is 0 Å². The number of fused-ring (bicyclic) bond motifs is 7. The number of benzene rings is 8. The van der Waals surface area contributed by atoms with Gasteiger partial charge in [-0.3, -0.25) is 0 Å². The van der Waals surface area contributed by atoms with Gasteiger partial charge in [0.05, 0.1) is 5.69 Å². The Morgan fingerprint density at radius 3 is 1.91 bits per heavy atom. The van der Waals surface area contributed by atoms with Crippen molar-refractivity contribution in [1.29, 1.82) is 0 Å². The van der Waals surface area contributed by atoms with E-state index in [2.05, 4.69) is 202 Å². The van der Waals surface area contributed by atoms with Crippen molar-refractivity contribution in [2.45, 2.75) is 40.0 Å². The highest BCUT2D eigenvalue weighted by atomic mass is 15.2. The summed E-state index contributed by atoms with van der Waals surface area (Å²) in [5.41, 5.74) is 23.1. The van der Waals surface area contributed by atoms with Gasteiger partial charge in [0.15, 0.2) is 0 Å². The molecule has 3 heteroatoms. The first-order chi connectivity index (χ1) is 26.8. The molecule has 3 aliphatic rings. The maximum atomic E-state index is 2.64. The molecule has 3 aliphatic heterocycles. The summed E-state index contributed by atoms with van der Waals surface area (Å²) in [5.74, 6) is 0. The lowest BCUT2D eigenvalue weighted by Crippen LogP contribution is -2.62. The third kappa shape index (κ3) is 4.56. The third-order valence-corrected chi connectivity index (χ3v) is 12.6. The number of hydrogen-bond acceptors (Lipinski definition) is 2. The van der Waals surface area contributed by atoms with Crippen molar-refractivity contribution in [3.63, 3.8) is 0 Å². The van der Waals surface area contributed by atoms with Crippen molar-refractivity contribution < 1.29 is 0 Å². The van der Waals surface area contributed by atoms with Crippen LogP contribution in [0.2, 0.25) is 0 Å². The van der Waals surface area contributed by atoms with Crippen LogP contribution in [0.3, 0.4) is 0 Å². The van der Waals surface area contributed by atoms with Crippen LogP contribution in [0.25, 0.3) is 44.2 Å². The van der Waals surface area contributed by atoms with Gasteiger partial charge in [-0.15, -0.1) is 0 Å². The van der Waals surface area contributed by atoms with Crippen LogP contribution in [0, 0.1) is 20.8 Å². The Hall–Kier alpha value is -6.32. The smallest absolute Gasteiger partial charge is 0.333 e. The second kappa shape index (κ2) is 11.6. The first-order valence-electron chi connectivity index (χ1n) is 19.5. The van der Waals surface area contributed by atoms with Crippen molar-refractivity contribution in [2.75, 3.05) is 9.71 Å². The lowest BCUT2D eigenvalue weighted by atomic mass is 9.42. The molecule has 0 amide bonds. The molecule has 0 saturated heterocycles. The average Bonchev–Trinajstić information content (AvgIpc) is 3.20. The molecular formula is C52H41BN2. The van der Waals surface area contributed by atoms with Gasteiger partial charge in [0.1, 0.15) is 0 Å². The van der Waals surface area contributed by atoms with Crippen LogP contribution >= 0.6 is 0 Å². The molecule has 3 heterocycles. The summed E-state index contributed by atoms with van der Waals surface area (Å²) < 4.78 is 0. The summed E-state index contributed by atoms with van der Waals surface area (Å²) in [5, 5.41) is 2.50. The molecule has 2 nitrogen and oxygen atoms in total. The highest BCUT2D eigenvalue weighted by molar-refractivity contribution is 6.93. The Kier molecular flexibility index (Phi) is 6.78. The molecule has 0 atom stereocenters.